The molecule has 0 atom stereocenters. The van der Waals surface area contributed by atoms with Crippen molar-refractivity contribution in [3.8, 4) is 0 Å². The monoisotopic (exact) mass is 261 g/mol. The van der Waals surface area contributed by atoms with E-state index in [9.17, 15) is 4.79 Å². The number of halogens is 1. The van der Waals surface area contributed by atoms with Crippen LogP contribution in [0.5, 0.6) is 0 Å². The van der Waals surface area contributed by atoms with Gasteiger partial charge < -0.3 is 5.32 Å². The first-order valence-corrected chi connectivity index (χ1v) is 5.85. The smallest absolute Gasteiger partial charge is 0.229 e. The number of hydrogen-bond donors (Lipinski definition) is 1. The van der Waals surface area contributed by atoms with E-state index in [4.69, 9.17) is 11.6 Å². The average Bonchev–Trinajstić information content (AvgIpc) is 2.32. The lowest BCUT2D eigenvalue weighted by Crippen LogP contribution is -2.15. The fourth-order valence-corrected chi connectivity index (χ4v) is 1.72. The third-order valence-corrected chi connectivity index (χ3v) is 2.72. The van der Waals surface area contributed by atoms with E-state index in [1.807, 2.05) is 31.2 Å². The normalized spacial score (nSPS) is 10.1. The molecule has 0 saturated carbocycles. The van der Waals surface area contributed by atoms with E-state index < -0.39 is 0 Å². The Bertz CT molecular complexity index is 572. The van der Waals surface area contributed by atoms with Gasteiger partial charge >= 0.3 is 0 Å². The first kappa shape index (κ1) is 12.5. The number of benzene rings is 1. The maximum absolute atomic E-state index is 11.8. The van der Waals surface area contributed by atoms with Gasteiger partial charge in [-0.1, -0.05) is 35.9 Å². The number of carbonyl (C=O) groups excluding carboxylic acids is 1. The summed E-state index contributed by atoms with van der Waals surface area (Å²) >= 11 is 5.71. The van der Waals surface area contributed by atoms with Crippen LogP contribution in [0, 0.1) is 6.92 Å². The molecule has 1 aromatic carbocycles. The highest BCUT2D eigenvalue weighted by Crippen LogP contribution is 2.11. The fraction of sp³-hybridized carbons (Fsp3) is 0.154. The van der Waals surface area contributed by atoms with Crippen LogP contribution in [0.4, 0.5) is 5.82 Å². The summed E-state index contributed by atoms with van der Waals surface area (Å²) in [5.41, 5.74) is 2.09. The molecule has 1 amide bonds. The van der Waals surface area contributed by atoms with Gasteiger partial charge in [-0.25, -0.2) is 9.97 Å². The van der Waals surface area contributed by atoms with E-state index in [0.29, 0.717) is 17.4 Å². The van der Waals surface area contributed by atoms with Gasteiger partial charge in [0.05, 0.1) is 6.42 Å². The number of carbonyl (C=O) groups is 1. The minimum atomic E-state index is -0.126. The van der Waals surface area contributed by atoms with Crippen molar-refractivity contribution in [1.29, 1.82) is 0 Å². The van der Waals surface area contributed by atoms with Crippen molar-refractivity contribution in [2.24, 2.45) is 0 Å². The fourth-order valence-electron chi connectivity index (χ4n) is 1.57. The predicted octanol–water partition coefficient (Wildman–Crippen LogP) is 2.62. The maximum atomic E-state index is 11.8. The van der Waals surface area contributed by atoms with Crippen LogP contribution < -0.4 is 5.32 Å². The molecule has 0 aliphatic rings. The second-order valence-electron chi connectivity index (χ2n) is 3.88. The van der Waals surface area contributed by atoms with Crippen molar-refractivity contribution in [2.75, 3.05) is 5.32 Å². The van der Waals surface area contributed by atoms with Gasteiger partial charge in [-0.2, -0.15) is 0 Å². The first-order chi connectivity index (χ1) is 8.65. The zero-order valence-corrected chi connectivity index (χ0v) is 10.6. The van der Waals surface area contributed by atoms with Crippen LogP contribution in [0.1, 0.15) is 11.1 Å². The molecule has 2 rings (SSSR count). The van der Waals surface area contributed by atoms with Gasteiger partial charge in [0.25, 0.3) is 0 Å². The molecule has 1 heterocycles. The Morgan fingerprint density at radius 1 is 1.33 bits per heavy atom. The van der Waals surface area contributed by atoms with E-state index >= 15 is 0 Å². The van der Waals surface area contributed by atoms with Crippen molar-refractivity contribution >= 4 is 23.3 Å². The predicted molar refractivity (Wildman–Crippen MR) is 70.6 cm³/mol. The van der Waals surface area contributed by atoms with Crippen LogP contribution in [0.25, 0.3) is 0 Å². The van der Waals surface area contributed by atoms with Crippen molar-refractivity contribution in [1.82, 2.24) is 9.97 Å². The highest BCUT2D eigenvalue weighted by atomic mass is 35.5. The maximum Gasteiger partial charge on any atom is 0.229 e. The average molecular weight is 262 g/mol. The van der Waals surface area contributed by atoms with E-state index in [1.165, 1.54) is 12.4 Å². The molecular weight excluding hydrogens is 250 g/mol. The van der Waals surface area contributed by atoms with Crippen LogP contribution in [0.15, 0.2) is 36.7 Å². The number of anilines is 1. The summed E-state index contributed by atoms with van der Waals surface area (Å²) in [6, 6.07) is 9.28. The third-order valence-electron chi connectivity index (χ3n) is 2.51. The molecule has 0 radical (unpaired) electrons. The van der Waals surface area contributed by atoms with Crippen molar-refractivity contribution in [3.05, 3.63) is 52.9 Å². The summed E-state index contributed by atoms with van der Waals surface area (Å²) in [7, 11) is 0. The van der Waals surface area contributed by atoms with Gasteiger partial charge in [-0.15, -0.1) is 0 Å². The molecule has 0 aliphatic carbocycles. The van der Waals surface area contributed by atoms with Gasteiger partial charge in [0, 0.05) is 6.07 Å². The van der Waals surface area contributed by atoms with Crippen LogP contribution in [0.2, 0.25) is 5.15 Å². The van der Waals surface area contributed by atoms with Gasteiger partial charge in [-0.05, 0) is 18.1 Å². The molecule has 5 heteroatoms. The first-order valence-electron chi connectivity index (χ1n) is 5.47. The highest BCUT2D eigenvalue weighted by Gasteiger charge is 2.07. The van der Waals surface area contributed by atoms with E-state index in [0.717, 1.165) is 11.1 Å². The number of nitrogens with one attached hydrogen (secondary N) is 1. The number of aryl methyl sites for hydroxylation is 1. The van der Waals surface area contributed by atoms with Crippen LogP contribution in [-0.2, 0) is 11.2 Å². The Balaban J connectivity index is 2.03. The lowest BCUT2D eigenvalue weighted by Gasteiger charge is -2.06. The Hall–Kier alpha value is -1.94. The molecule has 0 saturated heterocycles. The Labute approximate surface area is 110 Å². The quantitative estimate of drug-likeness (QED) is 0.864. The van der Waals surface area contributed by atoms with Crippen LogP contribution in [0.3, 0.4) is 0 Å². The molecule has 2 aromatic rings. The topological polar surface area (TPSA) is 54.9 Å². The van der Waals surface area contributed by atoms with Crippen molar-refractivity contribution in [3.63, 3.8) is 0 Å². The molecule has 0 aliphatic heterocycles. The number of hydrogen-bond acceptors (Lipinski definition) is 3. The van der Waals surface area contributed by atoms with Gasteiger partial charge in [0.1, 0.15) is 17.3 Å². The summed E-state index contributed by atoms with van der Waals surface area (Å²) in [5.74, 6) is 0.285. The Morgan fingerprint density at radius 2 is 2.11 bits per heavy atom. The molecule has 0 fully saturated rings. The van der Waals surface area contributed by atoms with Crippen molar-refractivity contribution in [2.45, 2.75) is 13.3 Å². The molecule has 92 valence electrons. The van der Waals surface area contributed by atoms with E-state index in [-0.39, 0.29) is 5.91 Å². The molecule has 0 bridgehead atoms. The SMILES string of the molecule is Cc1ccccc1CC(=O)Nc1cc(Cl)ncn1. The minimum Gasteiger partial charge on any atom is -0.310 e. The minimum absolute atomic E-state index is 0.126. The zero-order chi connectivity index (χ0) is 13.0. The largest absolute Gasteiger partial charge is 0.310 e. The van der Waals surface area contributed by atoms with Crippen molar-refractivity contribution < 1.29 is 4.79 Å². The third kappa shape index (κ3) is 3.28. The number of rotatable bonds is 3. The summed E-state index contributed by atoms with van der Waals surface area (Å²) in [5, 5.41) is 2.99. The molecule has 18 heavy (non-hydrogen) atoms. The molecule has 1 N–H and O–H groups in total. The Kier molecular flexibility index (Phi) is 3.89. The summed E-state index contributed by atoms with van der Waals surface area (Å²) in [6.45, 7) is 1.98. The molecule has 0 unspecified atom stereocenters. The molecular formula is C13H12ClN3O. The molecule has 0 spiro atoms. The summed E-state index contributed by atoms with van der Waals surface area (Å²) in [6.07, 6.45) is 1.63. The number of aromatic nitrogens is 2. The van der Waals surface area contributed by atoms with E-state index in [1.54, 1.807) is 0 Å². The summed E-state index contributed by atoms with van der Waals surface area (Å²) < 4.78 is 0. The van der Waals surface area contributed by atoms with Crippen LogP contribution >= 0.6 is 11.6 Å². The van der Waals surface area contributed by atoms with Gasteiger partial charge in [0.2, 0.25) is 5.91 Å². The van der Waals surface area contributed by atoms with Gasteiger partial charge in [0.15, 0.2) is 0 Å². The van der Waals surface area contributed by atoms with Crippen LogP contribution in [-0.4, -0.2) is 15.9 Å². The number of amides is 1. The number of nitrogens with zero attached hydrogens (tertiary/aromatic N) is 2. The lowest BCUT2D eigenvalue weighted by atomic mass is 10.1. The molecule has 4 nitrogen and oxygen atoms in total. The zero-order valence-electron chi connectivity index (χ0n) is 9.85. The van der Waals surface area contributed by atoms with Gasteiger partial charge in [-0.3, -0.25) is 4.79 Å². The van der Waals surface area contributed by atoms with E-state index in [2.05, 4.69) is 15.3 Å². The summed E-state index contributed by atoms with van der Waals surface area (Å²) in [4.78, 5) is 19.5. The highest BCUT2D eigenvalue weighted by molar-refractivity contribution is 6.29. The Morgan fingerprint density at radius 3 is 2.83 bits per heavy atom. The lowest BCUT2D eigenvalue weighted by molar-refractivity contribution is -0.115. The second-order valence-corrected chi connectivity index (χ2v) is 4.26. The standard InChI is InChI=1S/C13H12ClN3O/c1-9-4-2-3-5-10(9)6-13(18)17-12-7-11(14)15-8-16-12/h2-5,7-8H,6H2,1H3,(H,15,16,17,18). The second kappa shape index (κ2) is 5.60. The molecule has 1 aromatic heterocycles.